The minimum absolute atomic E-state index is 0.974. The van der Waals surface area contributed by atoms with Crippen LogP contribution in [-0.2, 0) is 12.8 Å². The molecule has 3 rings (SSSR count). The van der Waals surface area contributed by atoms with Crippen LogP contribution >= 0.6 is 0 Å². The van der Waals surface area contributed by atoms with Gasteiger partial charge in [-0.1, -0.05) is 18.2 Å². The van der Waals surface area contributed by atoms with Crippen LogP contribution in [0.25, 0.3) is 5.69 Å². The fourth-order valence-electron chi connectivity index (χ4n) is 2.08. The molecule has 76 valence electrons. The van der Waals surface area contributed by atoms with Crippen LogP contribution in [-0.4, -0.2) is 20.2 Å². The molecule has 1 aromatic heterocycles. The Labute approximate surface area is 87.9 Å². The third kappa shape index (κ3) is 1.42. The lowest BCUT2D eigenvalue weighted by Crippen LogP contribution is -2.09. The van der Waals surface area contributed by atoms with Crippen LogP contribution in [0.3, 0.4) is 0 Å². The van der Waals surface area contributed by atoms with E-state index in [-0.39, 0.29) is 0 Å². The topological polar surface area (TPSA) is 43.6 Å². The summed E-state index contributed by atoms with van der Waals surface area (Å²) < 4.78 is 1.87. The van der Waals surface area contributed by atoms with Crippen molar-refractivity contribution in [2.24, 2.45) is 0 Å². The van der Waals surface area contributed by atoms with Crippen molar-refractivity contribution >= 4 is 0 Å². The molecule has 0 spiro atoms. The molecule has 0 N–H and O–H groups in total. The van der Waals surface area contributed by atoms with Gasteiger partial charge in [-0.25, -0.2) is 0 Å². The fraction of sp³-hybridized carbons (Fsp3) is 0.364. The molecule has 0 radical (unpaired) electrons. The van der Waals surface area contributed by atoms with Gasteiger partial charge in [-0.05, 0) is 41.3 Å². The maximum absolute atomic E-state index is 4.06. The van der Waals surface area contributed by atoms with E-state index in [9.17, 15) is 0 Å². The van der Waals surface area contributed by atoms with Gasteiger partial charge in [-0.3, -0.25) is 0 Å². The second-order valence-corrected chi connectivity index (χ2v) is 3.84. The second-order valence-electron chi connectivity index (χ2n) is 3.84. The van der Waals surface area contributed by atoms with Crippen molar-refractivity contribution in [1.82, 2.24) is 20.2 Å². The van der Waals surface area contributed by atoms with Crippen LogP contribution in [0.2, 0.25) is 0 Å². The Morgan fingerprint density at radius 2 is 1.93 bits per heavy atom. The Hall–Kier alpha value is -1.71. The Kier molecular flexibility index (Phi) is 1.98. The fourth-order valence-corrected chi connectivity index (χ4v) is 2.08. The van der Waals surface area contributed by atoms with E-state index in [1.165, 1.54) is 12.0 Å². The highest BCUT2D eigenvalue weighted by atomic mass is 15.5. The smallest absolute Gasteiger partial charge is 0.156 e. The highest BCUT2D eigenvalue weighted by Crippen LogP contribution is 2.20. The standard InChI is InChI=1S/C11H12N4/c1-3-7-10-9(5-1)6-2-4-8-11-12-13-14-15(10)11/h1,3,5,7H,2,4,6,8H2. The summed E-state index contributed by atoms with van der Waals surface area (Å²) in [5.74, 6) is 0.974. The van der Waals surface area contributed by atoms with Gasteiger partial charge in [-0.2, -0.15) is 4.68 Å². The molecule has 0 atom stereocenters. The molecular formula is C11H12N4. The number of hydrogen-bond acceptors (Lipinski definition) is 3. The molecule has 0 aliphatic carbocycles. The summed E-state index contributed by atoms with van der Waals surface area (Å²) in [6.45, 7) is 0. The number of benzene rings is 1. The molecule has 4 nitrogen and oxygen atoms in total. The maximum Gasteiger partial charge on any atom is 0.156 e. The highest BCUT2D eigenvalue weighted by molar-refractivity contribution is 5.41. The molecule has 4 heteroatoms. The van der Waals surface area contributed by atoms with E-state index >= 15 is 0 Å². The van der Waals surface area contributed by atoms with Crippen molar-refractivity contribution in [3.8, 4) is 5.69 Å². The highest BCUT2D eigenvalue weighted by Gasteiger charge is 2.13. The van der Waals surface area contributed by atoms with Crippen molar-refractivity contribution in [3.63, 3.8) is 0 Å². The molecule has 0 bridgehead atoms. The summed E-state index contributed by atoms with van der Waals surface area (Å²) in [4.78, 5) is 0. The van der Waals surface area contributed by atoms with E-state index in [1.807, 2.05) is 10.7 Å². The van der Waals surface area contributed by atoms with Crippen molar-refractivity contribution < 1.29 is 0 Å². The van der Waals surface area contributed by atoms with Crippen LogP contribution in [0.1, 0.15) is 24.2 Å². The second kappa shape index (κ2) is 3.46. The largest absolute Gasteiger partial charge is 0.197 e. The van der Waals surface area contributed by atoms with Gasteiger partial charge in [0.15, 0.2) is 5.82 Å². The summed E-state index contributed by atoms with van der Waals surface area (Å²) in [6, 6.07) is 8.35. The van der Waals surface area contributed by atoms with Gasteiger partial charge in [0, 0.05) is 6.42 Å². The SMILES string of the molecule is c1ccc2c(c1)CCCCc1nnnn1-2. The van der Waals surface area contributed by atoms with Gasteiger partial charge in [0.2, 0.25) is 0 Å². The molecule has 2 heterocycles. The zero-order chi connectivity index (χ0) is 10.1. The molecule has 0 fully saturated rings. The average molecular weight is 200 g/mol. The van der Waals surface area contributed by atoms with Crippen LogP contribution in [0.15, 0.2) is 24.3 Å². The number of tetrazole rings is 1. The van der Waals surface area contributed by atoms with E-state index in [4.69, 9.17) is 0 Å². The van der Waals surface area contributed by atoms with Gasteiger partial charge in [0.1, 0.15) is 0 Å². The molecular weight excluding hydrogens is 188 g/mol. The Morgan fingerprint density at radius 1 is 1.07 bits per heavy atom. The number of aromatic nitrogens is 4. The lowest BCUT2D eigenvalue weighted by atomic mass is 10.0. The first-order valence-electron chi connectivity index (χ1n) is 5.31. The van der Waals surface area contributed by atoms with Gasteiger partial charge >= 0.3 is 0 Å². The molecule has 0 amide bonds. The number of hydrogen-bond donors (Lipinski definition) is 0. The normalized spacial score (nSPS) is 14.9. The van der Waals surface area contributed by atoms with Gasteiger partial charge in [0.25, 0.3) is 0 Å². The lowest BCUT2D eigenvalue weighted by molar-refractivity contribution is 0.655. The maximum atomic E-state index is 4.06. The Morgan fingerprint density at radius 3 is 2.93 bits per heavy atom. The molecule has 1 aliphatic heterocycles. The number of rotatable bonds is 0. The van der Waals surface area contributed by atoms with E-state index in [1.54, 1.807) is 0 Å². The van der Waals surface area contributed by atoms with Gasteiger partial charge in [0.05, 0.1) is 5.69 Å². The van der Waals surface area contributed by atoms with E-state index < -0.39 is 0 Å². The summed E-state index contributed by atoms with van der Waals surface area (Å²) >= 11 is 0. The summed E-state index contributed by atoms with van der Waals surface area (Å²) in [5.41, 5.74) is 2.47. The Bertz CT molecular complexity index is 475. The van der Waals surface area contributed by atoms with E-state index in [2.05, 4.69) is 33.7 Å². The zero-order valence-corrected chi connectivity index (χ0v) is 8.43. The zero-order valence-electron chi connectivity index (χ0n) is 8.43. The molecule has 0 unspecified atom stereocenters. The van der Waals surface area contributed by atoms with Crippen molar-refractivity contribution in [2.75, 3.05) is 0 Å². The molecule has 2 aromatic rings. The molecule has 15 heavy (non-hydrogen) atoms. The van der Waals surface area contributed by atoms with Crippen LogP contribution in [0.4, 0.5) is 0 Å². The average Bonchev–Trinajstić information content (AvgIpc) is 2.69. The minimum atomic E-state index is 0.974. The number of fused-ring (bicyclic) bond motifs is 3. The predicted molar refractivity (Wildman–Crippen MR) is 55.8 cm³/mol. The number of para-hydroxylation sites is 1. The molecule has 1 aromatic carbocycles. The number of aryl methyl sites for hydroxylation is 2. The number of nitrogens with zero attached hydrogens (tertiary/aromatic N) is 4. The first-order chi connectivity index (χ1) is 7.45. The third-order valence-electron chi connectivity index (χ3n) is 2.85. The van der Waals surface area contributed by atoms with Gasteiger partial charge in [-0.15, -0.1) is 5.10 Å². The van der Waals surface area contributed by atoms with E-state index in [0.29, 0.717) is 0 Å². The lowest BCUT2D eigenvalue weighted by Gasteiger charge is -2.13. The minimum Gasteiger partial charge on any atom is -0.197 e. The third-order valence-corrected chi connectivity index (χ3v) is 2.85. The Balaban J connectivity index is 2.21. The van der Waals surface area contributed by atoms with Crippen molar-refractivity contribution in [2.45, 2.75) is 25.7 Å². The first kappa shape index (κ1) is 8.59. The quantitative estimate of drug-likeness (QED) is 0.648. The summed E-state index contributed by atoms with van der Waals surface area (Å²) in [5, 5.41) is 11.9. The van der Waals surface area contributed by atoms with Crippen LogP contribution < -0.4 is 0 Å². The molecule has 0 saturated heterocycles. The molecule has 0 saturated carbocycles. The van der Waals surface area contributed by atoms with E-state index in [0.717, 1.165) is 30.8 Å². The van der Waals surface area contributed by atoms with Crippen LogP contribution in [0.5, 0.6) is 0 Å². The van der Waals surface area contributed by atoms with Crippen molar-refractivity contribution in [3.05, 3.63) is 35.7 Å². The van der Waals surface area contributed by atoms with Crippen LogP contribution in [0, 0.1) is 0 Å². The first-order valence-corrected chi connectivity index (χ1v) is 5.31. The predicted octanol–water partition coefficient (Wildman–Crippen LogP) is 1.54. The van der Waals surface area contributed by atoms with Crippen molar-refractivity contribution in [1.29, 1.82) is 0 Å². The summed E-state index contributed by atoms with van der Waals surface area (Å²) in [6.07, 6.45) is 4.47. The van der Waals surface area contributed by atoms with Gasteiger partial charge < -0.3 is 0 Å². The summed E-state index contributed by atoms with van der Waals surface area (Å²) in [7, 11) is 0. The molecule has 1 aliphatic rings. The monoisotopic (exact) mass is 200 g/mol.